The summed E-state index contributed by atoms with van der Waals surface area (Å²) < 4.78 is 13.8. The summed E-state index contributed by atoms with van der Waals surface area (Å²) >= 11 is 0. The standard InChI is InChI=1S/C25H25FN2O2/c1-3-18-10-12-19(13-11-18)25(21-7-4-8-22(26)14-21)27-16-24(30)28-23-9-5-6-20(15-23)17(2)29/h4-15,25,27H,3,16H2,1-2H3,(H,28,30)/t25-/m1/s1. The lowest BCUT2D eigenvalue weighted by Gasteiger charge is -2.20. The molecule has 3 rings (SSSR count). The Morgan fingerprint density at radius 3 is 2.33 bits per heavy atom. The number of amides is 1. The fourth-order valence-electron chi connectivity index (χ4n) is 3.28. The van der Waals surface area contributed by atoms with Crippen molar-refractivity contribution in [1.82, 2.24) is 5.32 Å². The third-order valence-corrected chi connectivity index (χ3v) is 4.92. The number of Topliss-reactive ketones (excluding diaryl/α,β-unsaturated/α-hetero) is 1. The molecule has 0 radical (unpaired) electrons. The summed E-state index contributed by atoms with van der Waals surface area (Å²) in [6.07, 6.45) is 0.931. The maximum atomic E-state index is 13.8. The maximum Gasteiger partial charge on any atom is 0.238 e. The second-order valence-electron chi connectivity index (χ2n) is 7.15. The number of carbonyl (C=O) groups excluding carboxylic acids is 2. The molecule has 0 aromatic heterocycles. The van der Waals surface area contributed by atoms with Crippen LogP contribution in [0.5, 0.6) is 0 Å². The van der Waals surface area contributed by atoms with Crippen molar-refractivity contribution in [1.29, 1.82) is 0 Å². The van der Waals surface area contributed by atoms with E-state index in [9.17, 15) is 14.0 Å². The minimum absolute atomic E-state index is 0.0288. The first-order valence-electron chi connectivity index (χ1n) is 9.95. The van der Waals surface area contributed by atoms with Gasteiger partial charge in [0.15, 0.2) is 5.78 Å². The second kappa shape index (κ2) is 9.94. The zero-order valence-electron chi connectivity index (χ0n) is 17.1. The van der Waals surface area contributed by atoms with Crippen molar-refractivity contribution < 1.29 is 14.0 Å². The van der Waals surface area contributed by atoms with Crippen molar-refractivity contribution in [3.05, 3.63) is 101 Å². The van der Waals surface area contributed by atoms with Gasteiger partial charge in [-0.1, -0.05) is 55.5 Å². The molecule has 30 heavy (non-hydrogen) atoms. The molecule has 2 N–H and O–H groups in total. The summed E-state index contributed by atoms with van der Waals surface area (Å²) in [6.45, 7) is 3.60. The van der Waals surface area contributed by atoms with Gasteiger partial charge in [-0.25, -0.2) is 4.39 Å². The second-order valence-corrected chi connectivity index (χ2v) is 7.15. The lowest BCUT2D eigenvalue weighted by atomic mass is 9.97. The molecule has 3 aromatic carbocycles. The van der Waals surface area contributed by atoms with Crippen molar-refractivity contribution in [3.8, 4) is 0 Å². The minimum atomic E-state index is -0.332. The minimum Gasteiger partial charge on any atom is -0.325 e. The van der Waals surface area contributed by atoms with E-state index in [1.54, 1.807) is 30.3 Å². The fourth-order valence-corrected chi connectivity index (χ4v) is 3.28. The van der Waals surface area contributed by atoms with E-state index in [2.05, 4.69) is 17.6 Å². The Labute approximate surface area is 176 Å². The van der Waals surface area contributed by atoms with Gasteiger partial charge >= 0.3 is 0 Å². The Kier molecular flexibility index (Phi) is 7.09. The molecule has 3 aromatic rings. The van der Waals surface area contributed by atoms with Crippen molar-refractivity contribution >= 4 is 17.4 Å². The predicted octanol–water partition coefficient (Wildman–Crippen LogP) is 4.91. The molecular weight excluding hydrogens is 379 g/mol. The van der Waals surface area contributed by atoms with Gasteiger partial charge in [-0.3, -0.25) is 14.9 Å². The molecule has 0 aliphatic carbocycles. The lowest BCUT2D eigenvalue weighted by Crippen LogP contribution is -2.32. The van der Waals surface area contributed by atoms with Crippen LogP contribution in [0.4, 0.5) is 10.1 Å². The Balaban J connectivity index is 1.75. The van der Waals surface area contributed by atoms with Crippen LogP contribution in [0.1, 0.15) is 46.9 Å². The van der Waals surface area contributed by atoms with Gasteiger partial charge in [0.1, 0.15) is 5.82 Å². The third-order valence-electron chi connectivity index (χ3n) is 4.92. The highest BCUT2D eigenvalue weighted by Crippen LogP contribution is 2.23. The lowest BCUT2D eigenvalue weighted by molar-refractivity contribution is -0.115. The Hall–Kier alpha value is -3.31. The number of rotatable bonds is 8. The summed E-state index contributed by atoms with van der Waals surface area (Å²) in [5.41, 5.74) is 3.99. The van der Waals surface area contributed by atoms with E-state index in [0.717, 1.165) is 17.5 Å². The third kappa shape index (κ3) is 5.61. The number of hydrogen-bond acceptors (Lipinski definition) is 3. The van der Waals surface area contributed by atoms with Crippen LogP contribution in [-0.4, -0.2) is 18.2 Å². The number of anilines is 1. The average molecular weight is 404 g/mol. The molecule has 0 bridgehead atoms. The fraction of sp³-hybridized carbons (Fsp3) is 0.200. The number of carbonyl (C=O) groups is 2. The first-order valence-corrected chi connectivity index (χ1v) is 9.95. The molecule has 0 fully saturated rings. The molecule has 0 aliphatic rings. The number of hydrogen-bond donors (Lipinski definition) is 2. The highest BCUT2D eigenvalue weighted by Gasteiger charge is 2.16. The van der Waals surface area contributed by atoms with Gasteiger partial charge in [0.05, 0.1) is 12.6 Å². The first-order chi connectivity index (χ1) is 14.5. The molecule has 1 atom stereocenters. The molecule has 4 nitrogen and oxygen atoms in total. The van der Waals surface area contributed by atoms with Gasteiger partial charge in [-0.05, 0) is 54.3 Å². The van der Waals surface area contributed by atoms with E-state index in [1.165, 1.54) is 24.6 Å². The number of halogens is 1. The Morgan fingerprint density at radius 2 is 1.67 bits per heavy atom. The number of nitrogens with one attached hydrogen (secondary N) is 2. The summed E-state index contributed by atoms with van der Waals surface area (Å²) in [4.78, 5) is 24.0. The predicted molar refractivity (Wildman–Crippen MR) is 117 cm³/mol. The smallest absolute Gasteiger partial charge is 0.238 e. The quantitative estimate of drug-likeness (QED) is 0.525. The first kappa shape index (κ1) is 21.4. The summed E-state index contributed by atoms with van der Waals surface area (Å²) in [5.74, 6) is -0.636. The van der Waals surface area contributed by atoms with Crippen molar-refractivity contribution in [2.24, 2.45) is 0 Å². The van der Waals surface area contributed by atoms with Gasteiger partial charge < -0.3 is 5.32 Å². The van der Waals surface area contributed by atoms with Crippen molar-refractivity contribution in [2.75, 3.05) is 11.9 Å². The highest BCUT2D eigenvalue weighted by atomic mass is 19.1. The zero-order valence-corrected chi connectivity index (χ0v) is 17.1. The monoisotopic (exact) mass is 404 g/mol. The molecule has 5 heteroatoms. The molecule has 0 saturated carbocycles. The van der Waals surface area contributed by atoms with E-state index in [4.69, 9.17) is 0 Å². The normalized spacial score (nSPS) is 11.7. The number of aryl methyl sites for hydroxylation is 1. The van der Waals surface area contributed by atoms with Crippen LogP contribution < -0.4 is 10.6 Å². The van der Waals surface area contributed by atoms with Crippen molar-refractivity contribution in [2.45, 2.75) is 26.3 Å². The molecule has 0 saturated heterocycles. The van der Waals surface area contributed by atoms with Crippen LogP contribution in [0, 0.1) is 5.82 Å². The van der Waals surface area contributed by atoms with Gasteiger partial charge in [-0.15, -0.1) is 0 Å². The van der Waals surface area contributed by atoms with E-state index in [-0.39, 0.29) is 30.1 Å². The average Bonchev–Trinajstić information content (AvgIpc) is 2.74. The molecule has 0 heterocycles. The van der Waals surface area contributed by atoms with Gasteiger partial charge in [0, 0.05) is 11.3 Å². The van der Waals surface area contributed by atoms with E-state index in [1.807, 2.05) is 30.3 Å². The van der Waals surface area contributed by atoms with Crippen LogP contribution >= 0.6 is 0 Å². The van der Waals surface area contributed by atoms with E-state index >= 15 is 0 Å². The van der Waals surface area contributed by atoms with Gasteiger partial charge in [-0.2, -0.15) is 0 Å². The zero-order chi connectivity index (χ0) is 21.5. The Morgan fingerprint density at radius 1 is 0.933 bits per heavy atom. The highest BCUT2D eigenvalue weighted by molar-refractivity contribution is 5.97. The van der Waals surface area contributed by atoms with Crippen LogP contribution in [0.25, 0.3) is 0 Å². The van der Waals surface area contributed by atoms with Crippen molar-refractivity contribution in [3.63, 3.8) is 0 Å². The maximum absolute atomic E-state index is 13.8. The molecular formula is C25H25FN2O2. The topological polar surface area (TPSA) is 58.2 Å². The molecule has 154 valence electrons. The number of ketones is 1. The van der Waals surface area contributed by atoms with Gasteiger partial charge in [0.2, 0.25) is 5.91 Å². The van der Waals surface area contributed by atoms with Crippen LogP contribution in [0.15, 0.2) is 72.8 Å². The largest absolute Gasteiger partial charge is 0.325 e. The molecule has 0 spiro atoms. The van der Waals surface area contributed by atoms with Gasteiger partial charge in [0.25, 0.3) is 0 Å². The summed E-state index contributed by atoms with van der Waals surface area (Å²) in [5, 5.41) is 6.03. The summed E-state index contributed by atoms with van der Waals surface area (Å²) in [6, 6.07) is 20.9. The van der Waals surface area contributed by atoms with E-state index in [0.29, 0.717) is 11.3 Å². The van der Waals surface area contributed by atoms with E-state index < -0.39 is 0 Å². The SMILES string of the molecule is CCc1ccc([C@@H](NCC(=O)Nc2cccc(C(C)=O)c2)c2cccc(F)c2)cc1. The summed E-state index contributed by atoms with van der Waals surface area (Å²) in [7, 11) is 0. The Bertz CT molecular complexity index is 1030. The number of benzene rings is 3. The molecule has 1 amide bonds. The molecule has 0 unspecified atom stereocenters. The molecule has 0 aliphatic heterocycles. The van der Waals surface area contributed by atoms with Crippen LogP contribution in [0.3, 0.4) is 0 Å². The van der Waals surface area contributed by atoms with Crippen LogP contribution in [0.2, 0.25) is 0 Å². The van der Waals surface area contributed by atoms with Crippen LogP contribution in [-0.2, 0) is 11.2 Å².